The topological polar surface area (TPSA) is 109 Å². The first kappa shape index (κ1) is 19.7. The number of fused-ring (bicyclic) bond motifs is 1. The van der Waals surface area contributed by atoms with Gasteiger partial charge in [-0.2, -0.15) is 17.0 Å². The fourth-order valence-corrected chi connectivity index (χ4v) is 5.32. The van der Waals surface area contributed by atoms with Gasteiger partial charge in [-0.15, -0.1) is 0 Å². The minimum Gasteiger partial charge on any atom is -0.383 e. The van der Waals surface area contributed by atoms with Crippen molar-refractivity contribution in [3.8, 4) is 0 Å². The van der Waals surface area contributed by atoms with Crippen molar-refractivity contribution in [1.82, 2.24) is 13.6 Å². The zero-order chi connectivity index (χ0) is 20.6. The summed E-state index contributed by atoms with van der Waals surface area (Å²) in [4.78, 5) is 17.0. The number of benzene rings is 1. The van der Waals surface area contributed by atoms with Gasteiger partial charge in [-0.25, -0.2) is 9.37 Å². The molecule has 2 aliphatic heterocycles. The van der Waals surface area contributed by atoms with Crippen LogP contribution in [0.5, 0.6) is 0 Å². The highest BCUT2D eigenvalue weighted by Gasteiger charge is 2.34. The second-order valence-electron chi connectivity index (χ2n) is 7.19. The predicted octanol–water partition coefficient (Wildman–Crippen LogP) is 1.75. The Morgan fingerprint density at radius 1 is 1.10 bits per heavy atom. The number of aromatic nitrogens is 1. The highest BCUT2D eigenvalue weighted by Crippen LogP contribution is 2.26. The molecule has 3 heterocycles. The molecule has 1 amide bonds. The quantitative estimate of drug-likeness (QED) is 0.785. The number of anilines is 2. The van der Waals surface area contributed by atoms with Crippen LogP contribution in [-0.2, 0) is 23.2 Å². The number of halogens is 1. The van der Waals surface area contributed by atoms with Crippen LogP contribution in [0.15, 0.2) is 30.3 Å². The Balaban J connectivity index is 1.56. The van der Waals surface area contributed by atoms with E-state index in [0.717, 1.165) is 12.8 Å². The molecule has 29 heavy (non-hydrogen) atoms. The predicted molar refractivity (Wildman–Crippen MR) is 107 cm³/mol. The summed E-state index contributed by atoms with van der Waals surface area (Å²) >= 11 is 0. The lowest BCUT2D eigenvalue weighted by Gasteiger charge is -2.31. The van der Waals surface area contributed by atoms with Gasteiger partial charge in [0, 0.05) is 44.0 Å². The lowest BCUT2D eigenvalue weighted by Crippen LogP contribution is -2.45. The third-order valence-corrected chi connectivity index (χ3v) is 7.21. The van der Waals surface area contributed by atoms with Crippen molar-refractivity contribution in [2.75, 3.05) is 30.7 Å². The van der Waals surface area contributed by atoms with Gasteiger partial charge in [0.1, 0.15) is 11.6 Å². The smallest absolute Gasteiger partial charge is 0.282 e. The summed E-state index contributed by atoms with van der Waals surface area (Å²) in [5.74, 6) is -0.805. The van der Waals surface area contributed by atoms with Crippen LogP contribution in [-0.4, -0.2) is 47.6 Å². The molecule has 3 N–H and O–H groups in total. The molecule has 10 heteroatoms. The van der Waals surface area contributed by atoms with Gasteiger partial charge in [0.05, 0.1) is 5.56 Å². The van der Waals surface area contributed by atoms with E-state index in [1.165, 1.54) is 32.9 Å². The van der Waals surface area contributed by atoms with Gasteiger partial charge in [-0.3, -0.25) is 4.79 Å². The van der Waals surface area contributed by atoms with E-state index in [1.54, 1.807) is 6.07 Å². The zero-order valence-electron chi connectivity index (χ0n) is 15.8. The van der Waals surface area contributed by atoms with Gasteiger partial charge >= 0.3 is 0 Å². The van der Waals surface area contributed by atoms with E-state index in [9.17, 15) is 17.6 Å². The number of amides is 1. The number of nitrogens with two attached hydrogens (primary N) is 1. The van der Waals surface area contributed by atoms with Crippen LogP contribution >= 0.6 is 0 Å². The maximum absolute atomic E-state index is 13.0. The fourth-order valence-electron chi connectivity index (χ4n) is 3.65. The van der Waals surface area contributed by atoms with E-state index >= 15 is 0 Å². The zero-order valence-corrected chi connectivity index (χ0v) is 16.6. The summed E-state index contributed by atoms with van der Waals surface area (Å²) in [6, 6.07) is 6.97. The second-order valence-corrected chi connectivity index (χ2v) is 9.11. The molecule has 0 bridgehead atoms. The Morgan fingerprint density at radius 2 is 1.79 bits per heavy atom. The van der Waals surface area contributed by atoms with Crippen molar-refractivity contribution in [2.45, 2.75) is 25.8 Å². The van der Waals surface area contributed by atoms with Gasteiger partial charge in [-0.05, 0) is 48.7 Å². The highest BCUT2D eigenvalue weighted by molar-refractivity contribution is 7.86. The second kappa shape index (κ2) is 7.69. The van der Waals surface area contributed by atoms with E-state index in [-0.39, 0.29) is 17.9 Å². The molecule has 0 radical (unpaired) electrons. The lowest BCUT2D eigenvalue weighted by atomic mass is 10.0. The van der Waals surface area contributed by atoms with E-state index in [2.05, 4.69) is 10.3 Å². The molecule has 0 unspecified atom stereocenters. The number of nitrogen functional groups attached to an aromatic ring is 1. The van der Waals surface area contributed by atoms with Crippen molar-refractivity contribution in [2.24, 2.45) is 0 Å². The van der Waals surface area contributed by atoms with Gasteiger partial charge in [0.15, 0.2) is 0 Å². The van der Waals surface area contributed by atoms with Gasteiger partial charge in [0.2, 0.25) is 0 Å². The Labute approximate surface area is 168 Å². The minimum absolute atomic E-state index is 0.0826. The average molecular weight is 419 g/mol. The van der Waals surface area contributed by atoms with Gasteiger partial charge < -0.3 is 11.1 Å². The van der Waals surface area contributed by atoms with Crippen LogP contribution in [0.25, 0.3) is 0 Å². The first-order valence-electron chi connectivity index (χ1n) is 9.45. The molecule has 0 spiro atoms. The largest absolute Gasteiger partial charge is 0.383 e. The van der Waals surface area contributed by atoms with Gasteiger partial charge in [0.25, 0.3) is 16.1 Å². The molecule has 1 saturated heterocycles. The Bertz CT molecular complexity index is 1040. The van der Waals surface area contributed by atoms with E-state index < -0.39 is 21.9 Å². The molecule has 0 atom stereocenters. The number of carbonyl (C=O) groups is 1. The Morgan fingerprint density at radius 3 is 2.48 bits per heavy atom. The molecule has 1 aromatic heterocycles. The van der Waals surface area contributed by atoms with Crippen molar-refractivity contribution in [1.29, 1.82) is 0 Å². The van der Waals surface area contributed by atoms with Crippen molar-refractivity contribution < 1.29 is 17.6 Å². The van der Waals surface area contributed by atoms with Crippen LogP contribution in [0.3, 0.4) is 0 Å². The Kier molecular flexibility index (Phi) is 5.24. The highest BCUT2D eigenvalue weighted by atomic mass is 32.2. The van der Waals surface area contributed by atoms with Crippen LogP contribution in [0, 0.1) is 5.82 Å². The molecule has 2 aliphatic rings. The number of rotatable bonds is 4. The van der Waals surface area contributed by atoms with Crippen LogP contribution in [0.1, 0.15) is 34.5 Å². The standard InChI is InChI=1S/C19H22FN5O3S/c20-14-3-5-15(6-4-14)22-19(26)16-11-13-12-25(10-7-17(13)23-18(16)21)29(27,28)24-8-1-2-9-24/h3-6,11H,1-2,7-10,12H2,(H2,21,23)(H,22,26). The van der Waals surface area contributed by atoms with Gasteiger partial charge in [-0.1, -0.05) is 0 Å². The van der Waals surface area contributed by atoms with Crippen molar-refractivity contribution in [3.63, 3.8) is 0 Å². The number of nitrogens with zero attached hydrogens (tertiary/aromatic N) is 3. The van der Waals surface area contributed by atoms with E-state index in [1.807, 2.05) is 0 Å². The summed E-state index contributed by atoms with van der Waals surface area (Å²) in [7, 11) is -3.53. The van der Waals surface area contributed by atoms with Crippen molar-refractivity contribution in [3.05, 3.63) is 53.0 Å². The third-order valence-electron chi connectivity index (χ3n) is 5.23. The minimum atomic E-state index is -3.53. The molecule has 1 aromatic carbocycles. The van der Waals surface area contributed by atoms with E-state index in [4.69, 9.17) is 5.73 Å². The van der Waals surface area contributed by atoms with Crippen LogP contribution < -0.4 is 11.1 Å². The summed E-state index contributed by atoms with van der Waals surface area (Å²) < 4.78 is 41.7. The van der Waals surface area contributed by atoms with E-state index in [0.29, 0.717) is 43.0 Å². The Hall–Kier alpha value is -2.56. The third kappa shape index (κ3) is 3.96. The molecule has 154 valence electrons. The SMILES string of the molecule is Nc1nc2c(cc1C(=O)Nc1ccc(F)cc1)CN(S(=O)(=O)N1CCCC1)CC2. The number of nitrogens with one attached hydrogen (secondary N) is 1. The molecular weight excluding hydrogens is 397 g/mol. The summed E-state index contributed by atoms with van der Waals surface area (Å²) in [5, 5.41) is 2.65. The monoisotopic (exact) mass is 419 g/mol. The number of pyridine rings is 1. The number of hydrogen-bond acceptors (Lipinski definition) is 5. The maximum Gasteiger partial charge on any atom is 0.282 e. The summed E-state index contributed by atoms with van der Waals surface area (Å²) in [6.07, 6.45) is 2.18. The van der Waals surface area contributed by atoms with Crippen LogP contribution in [0.4, 0.5) is 15.9 Å². The summed E-state index contributed by atoms with van der Waals surface area (Å²) in [5.41, 5.74) is 7.92. The molecule has 0 saturated carbocycles. The lowest BCUT2D eigenvalue weighted by molar-refractivity contribution is 0.102. The molecule has 0 aliphatic carbocycles. The first-order valence-corrected chi connectivity index (χ1v) is 10.8. The molecule has 4 rings (SSSR count). The molecule has 8 nitrogen and oxygen atoms in total. The maximum atomic E-state index is 13.0. The average Bonchev–Trinajstić information content (AvgIpc) is 3.24. The molecule has 1 fully saturated rings. The first-order chi connectivity index (χ1) is 13.8. The van der Waals surface area contributed by atoms with Crippen molar-refractivity contribution >= 4 is 27.6 Å². The van der Waals surface area contributed by atoms with Crippen LogP contribution in [0.2, 0.25) is 0 Å². The molecular formula is C19H22FN5O3S. The molecule has 2 aromatic rings. The normalized spacial score (nSPS) is 17.8. The summed E-state index contributed by atoms with van der Waals surface area (Å²) in [6.45, 7) is 1.56. The fraction of sp³-hybridized carbons (Fsp3) is 0.368. The number of carbonyl (C=O) groups excluding carboxylic acids is 1. The number of hydrogen-bond donors (Lipinski definition) is 2.